The van der Waals surface area contributed by atoms with E-state index in [0.29, 0.717) is 12.1 Å². The van der Waals surface area contributed by atoms with Crippen LogP contribution in [-0.4, -0.2) is 23.1 Å². The van der Waals surface area contributed by atoms with Crippen molar-refractivity contribution in [2.45, 2.75) is 26.3 Å². The van der Waals surface area contributed by atoms with Gasteiger partial charge in [0.2, 0.25) is 0 Å². The second-order valence-electron chi connectivity index (χ2n) is 4.31. The van der Waals surface area contributed by atoms with Gasteiger partial charge in [-0.05, 0) is 52.8 Å². The van der Waals surface area contributed by atoms with Crippen LogP contribution < -0.4 is 10.6 Å². The molecule has 0 radical (unpaired) electrons. The minimum absolute atomic E-state index is 0.125. The maximum atomic E-state index is 11.7. The summed E-state index contributed by atoms with van der Waals surface area (Å²) in [6.07, 6.45) is 0.681. The number of hydrogen-bond donors (Lipinski definition) is 3. The molecule has 1 rings (SSSR count). The zero-order valence-electron chi connectivity index (χ0n) is 10.8. The first-order valence-electron chi connectivity index (χ1n) is 6.00. The van der Waals surface area contributed by atoms with E-state index in [4.69, 9.17) is 5.11 Å². The van der Waals surface area contributed by atoms with Crippen molar-refractivity contribution in [1.29, 1.82) is 0 Å². The summed E-state index contributed by atoms with van der Waals surface area (Å²) in [5.41, 5.74) is 0.631. The molecule has 0 fully saturated rings. The summed E-state index contributed by atoms with van der Waals surface area (Å²) in [5, 5.41) is 14.2. The SMILES string of the molecule is CC[C@H](C)[C@H](NC(=O)Nc1ccc(I)cc1)C(=O)O. The zero-order chi connectivity index (χ0) is 14.4. The summed E-state index contributed by atoms with van der Waals surface area (Å²) >= 11 is 2.17. The summed E-state index contributed by atoms with van der Waals surface area (Å²) in [5.74, 6) is -1.15. The van der Waals surface area contributed by atoms with Crippen LogP contribution in [0.2, 0.25) is 0 Å². The van der Waals surface area contributed by atoms with Crippen molar-refractivity contribution in [2.24, 2.45) is 5.92 Å². The molecule has 0 saturated heterocycles. The van der Waals surface area contributed by atoms with E-state index in [0.717, 1.165) is 3.57 Å². The third-order valence-corrected chi connectivity index (χ3v) is 3.59. The monoisotopic (exact) mass is 376 g/mol. The number of carboxylic acid groups (broad SMARTS) is 1. The number of aliphatic carboxylic acids is 1. The van der Waals surface area contributed by atoms with Crippen LogP contribution in [0.15, 0.2) is 24.3 Å². The molecule has 3 N–H and O–H groups in total. The Balaban J connectivity index is 2.62. The van der Waals surface area contributed by atoms with Crippen LogP contribution in [0, 0.1) is 9.49 Å². The van der Waals surface area contributed by atoms with Gasteiger partial charge in [-0.2, -0.15) is 0 Å². The van der Waals surface area contributed by atoms with E-state index in [-0.39, 0.29) is 5.92 Å². The Bertz CT molecular complexity index is 448. The average Bonchev–Trinajstić information content (AvgIpc) is 2.37. The average molecular weight is 376 g/mol. The number of hydrogen-bond acceptors (Lipinski definition) is 2. The Labute approximate surface area is 125 Å². The number of carbonyl (C=O) groups is 2. The summed E-state index contributed by atoms with van der Waals surface area (Å²) in [6.45, 7) is 3.68. The van der Waals surface area contributed by atoms with E-state index in [2.05, 4.69) is 33.2 Å². The third-order valence-electron chi connectivity index (χ3n) is 2.87. The van der Waals surface area contributed by atoms with E-state index in [1.807, 2.05) is 19.1 Å². The molecule has 104 valence electrons. The molecule has 0 aromatic heterocycles. The Kier molecular flexibility index (Phi) is 6.07. The van der Waals surface area contributed by atoms with Gasteiger partial charge in [0.1, 0.15) is 6.04 Å². The predicted molar refractivity (Wildman–Crippen MR) is 82.2 cm³/mol. The fraction of sp³-hybridized carbons (Fsp3) is 0.385. The molecule has 19 heavy (non-hydrogen) atoms. The van der Waals surface area contributed by atoms with Crippen molar-refractivity contribution in [3.8, 4) is 0 Å². The number of urea groups is 1. The third kappa shape index (κ3) is 5.06. The maximum Gasteiger partial charge on any atom is 0.326 e. The summed E-state index contributed by atoms with van der Waals surface area (Å²) in [6, 6.07) is 5.86. The largest absolute Gasteiger partial charge is 0.480 e. The number of benzene rings is 1. The molecule has 0 aliphatic carbocycles. The number of carbonyl (C=O) groups excluding carboxylic acids is 1. The highest BCUT2D eigenvalue weighted by molar-refractivity contribution is 14.1. The van der Waals surface area contributed by atoms with Crippen molar-refractivity contribution < 1.29 is 14.7 Å². The van der Waals surface area contributed by atoms with Gasteiger partial charge < -0.3 is 15.7 Å². The van der Waals surface area contributed by atoms with Gasteiger partial charge in [0.05, 0.1) is 0 Å². The number of rotatable bonds is 5. The predicted octanol–water partition coefficient (Wildman–Crippen LogP) is 2.91. The van der Waals surface area contributed by atoms with E-state index in [1.165, 1.54) is 0 Å². The summed E-state index contributed by atoms with van der Waals surface area (Å²) < 4.78 is 1.06. The minimum Gasteiger partial charge on any atom is -0.480 e. The quantitative estimate of drug-likeness (QED) is 0.692. The van der Waals surface area contributed by atoms with Crippen molar-refractivity contribution in [1.82, 2.24) is 5.32 Å². The van der Waals surface area contributed by atoms with Crippen LogP contribution in [0.1, 0.15) is 20.3 Å². The van der Waals surface area contributed by atoms with Gasteiger partial charge in [-0.25, -0.2) is 9.59 Å². The number of nitrogens with one attached hydrogen (secondary N) is 2. The molecule has 6 heteroatoms. The first-order valence-corrected chi connectivity index (χ1v) is 7.07. The fourth-order valence-electron chi connectivity index (χ4n) is 1.52. The number of carboxylic acids is 1. The van der Waals surface area contributed by atoms with Crippen molar-refractivity contribution in [2.75, 3.05) is 5.32 Å². The molecule has 0 heterocycles. The molecule has 0 aliphatic rings. The Hall–Kier alpha value is -1.31. The van der Waals surface area contributed by atoms with Gasteiger partial charge >= 0.3 is 12.0 Å². The van der Waals surface area contributed by atoms with Gasteiger partial charge in [-0.3, -0.25) is 0 Å². The van der Waals surface area contributed by atoms with Gasteiger partial charge in [-0.15, -0.1) is 0 Å². The van der Waals surface area contributed by atoms with Crippen LogP contribution in [0.5, 0.6) is 0 Å². The zero-order valence-corrected chi connectivity index (χ0v) is 13.0. The van der Waals surface area contributed by atoms with Crippen molar-refractivity contribution >= 4 is 40.3 Å². The molecule has 5 nitrogen and oxygen atoms in total. The first-order chi connectivity index (χ1) is 8.93. The van der Waals surface area contributed by atoms with Gasteiger partial charge in [0.25, 0.3) is 0 Å². The van der Waals surface area contributed by atoms with E-state index in [1.54, 1.807) is 19.1 Å². The summed E-state index contributed by atoms with van der Waals surface area (Å²) in [7, 11) is 0. The molecule has 2 amide bonds. The van der Waals surface area contributed by atoms with E-state index >= 15 is 0 Å². The lowest BCUT2D eigenvalue weighted by Crippen LogP contribution is -2.46. The van der Waals surface area contributed by atoms with Gasteiger partial charge in [-0.1, -0.05) is 20.3 Å². The molecular formula is C13H17IN2O3. The molecule has 0 aliphatic heterocycles. The lowest BCUT2D eigenvalue weighted by molar-refractivity contribution is -0.140. The molecule has 1 aromatic rings. The molecule has 0 spiro atoms. The Morgan fingerprint density at radius 2 is 1.89 bits per heavy atom. The second-order valence-corrected chi connectivity index (χ2v) is 5.55. The highest BCUT2D eigenvalue weighted by Crippen LogP contribution is 2.12. The Morgan fingerprint density at radius 1 is 1.32 bits per heavy atom. The van der Waals surface area contributed by atoms with Crippen LogP contribution in [0.4, 0.5) is 10.5 Å². The Morgan fingerprint density at radius 3 is 2.37 bits per heavy atom. The number of amides is 2. The minimum atomic E-state index is -1.02. The number of halogens is 1. The molecule has 2 atom stereocenters. The molecule has 0 unspecified atom stereocenters. The lowest BCUT2D eigenvalue weighted by atomic mass is 9.99. The van der Waals surface area contributed by atoms with Crippen molar-refractivity contribution in [3.05, 3.63) is 27.8 Å². The van der Waals surface area contributed by atoms with E-state index in [9.17, 15) is 9.59 Å². The van der Waals surface area contributed by atoms with Crippen molar-refractivity contribution in [3.63, 3.8) is 0 Å². The normalized spacial score (nSPS) is 13.4. The first kappa shape index (κ1) is 15.7. The molecule has 0 saturated carbocycles. The van der Waals surface area contributed by atoms with Gasteiger partial charge in [0, 0.05) is 9.26 Å². The lowest BCUT2D eigenvalue weighted by Gasteiger charge is -2.20. The van der Waals surface area contributed by atoms with Crippen LogP contribution in [0.3, 0.4) is 0 Å². The number of anilines is 1. The molecule has 1 aromatic carbocycles. The van der Waals surface area contributed by atoms with Crippen LogP contribution in [-0.2, 0) is 4.79 Å². The smallest absolute Gasteiger partial charge is 0.326 e. The van der Waals surface area contributed by atoms with Crippen LogP contribution >= 0.6 is 22.6 Å². The van der Waals surface area contributed by atoms with Crippen LogP contribution in [0.25, 0.3) is 0 Å². The highest BCUT2D eigenvalue weighted by Gasteiger charge is 2.25. The fourth-order valence-corrected chi connectivity index (χ4v) is 1.88. The molecule has 0 bridgehead atoms. The summed E-state index contributed by atoms with van der Waals surface area (Å²) in [4.78, 5) is 22.8. The maximum absolute atomic E-state index is 11.7. The topological polar surface area (TPSA) is 78.4 Å². The highest BCUT2D eigenvalue weighted by atomic mass is 127. The molecular weight excluding hydrogens is 359 g/mol. The van der Waals surface area contributed by atoms with Gasteiger partial charge in [0.15, 0.2) is 0 Å². The van der Waals surface area contributed by atoms with E-state index < -0.39 is 18.0 Å². The standard InChI is InChI=1S/C13H17IN2O3/c1-3-8(2)11(12(17)18)16-13(19)15-10-6-4-9(14)5-7-10/h4-8,11H,3H2,1-2H3,(H,17,18)(H2,15,16,19)/t8-,11-/m0/s1. The second kappa shape index (κ2) is 7.32.